The van der Waals surface area contributed by atoms with E-state index in [0.29, 0.717) is 24.6 Å². The van der Waals surface area contributed by atoms with Gasteiger partial charge < -0.3 is 21.1 Å². The highest BCUT2D eigenvalue weighted by Crippen LogP contribution is 2.20. The van der Waals surface area contributed by atoms with Crippen molar-refractivity contribution in [1.82, 2.24) is 16.0 Å². The molecule has 3 aromatic rings. The zero-order valence-electron chi connectivity index (χ0n) is 17.8. The third-order valence-electron chi connectivity index (χ3n) is 4.77. The standard InChI is InChI=1S/C24H28N4O2.HI/c1-3-25-24(27-15-14-26-23(30)19-10-12-22(29)13-11-19)28-17(2)20-9-8-18-6-4-5-7-21(18)16-20;/h4-13,16-17,29H,3,14-15H2,1-2H3,(H,26,30)(H2,25,27,28);1H. The van der Waals surface area contributed by atoms with E-state index in [2.05, 4.69) is 58.2 Å². The lowest BCUT2D eigenvalue weighted by Crippen LogP contribution is -2.39. The van der Waals surface area contributed by atoms with Gasteiger partial charge in [0.15, 0.2) is 5.96 Å². The number of benzene rings is 3. The van der Waals surface area contributed by atoms with E-state index in [1.807, 2.05) is 19.1 Å². The Labute approximate surface area is 200 Å². The summed E-state index contributed by atoms with van der Waals surface area (Å²) in [6.07, 6.45) is 0. The summed E-state index contributed by atoms with van der Waals surface area (Å²) in [7, 11) is 0. The molecule has 0 aliphatic rings. The number of aliphatic imine (C=N–C) groups is 1. The summed E-state index contributed by atoms with van der Waals surface area (Å²) < 4.78 is 0. The average Bonchev–Trinajstić information content (AvgIpc) is 2.76. The van der Waals surface area contributed by atoms with Crippen molar-refractivity contribution in [1.29, 1.82) is 0 Å². The van der Waals surface area contributed by atoms with E-state index in [4.69, 9.17) is 0 Å². The molecular weight excluding hydrogens is 503 g/mol. The molecule has 4 N–H and O–H groups in total. The summed E-state index contributed by atoms with van der Waals surface area (Å²) in [5.74, 6) is 0.655. The van der Waals surface area contributed by atoms with E-state index in [0.717, 1.165) is 6.54 Å². The summed E-state index contributed by atoms with van der Waals surface area (Å²) >= 11 is 0. The molecule has 3 rings (SSSR count). The van der Waals surface area contributed by atoms with Gasteiger partial charge >= 0.3 is 0 Å². The van der Waals surface area contributed by atoms with Gasteiger partial charge in [-0.2, -0.15) is 0 Å². The van der Waals surface area contributed by atoms with Gasteiger partial charge in [-0.25, -0.2) is 0 Å². The number of nitrogens with zero attached hydrogens (tertiary/aromatic N) is 1. The number of aromatic hydroxyl groups is 1. The Hall–Kier alpha value is -2.81. The molecule has 0 saturated heterocycles. The van der Waals surface area contributed by atoms with E-state index in [1.54, 1.807) is 12.1 Å². The summed E-state index contributed by atoms with van der Waals surface area (Å²) in [5.41, 5.74) is 1.69. The van der Waals surface area contributed by atoms with E-state index in [9.17, 15) is 9.90 Å². The number of carbonyl (C=O) groups excluding carboxylic acids is 1. The number of hydrogen-bond donors (Lipinski definition) is 4. The maximum atomic E-state index is 12.1. The van der Waals surface area contributed by atoms with E-state index in [-0.39, 0.29) is 41.7 Å². The topological polar surface area (TPSA) is 85.8 Å². The van der Waals surface area contributed by atoms with E-state index >= 15 is 0 Å². The lowest BCUT2D eigenvalue weighted by Gasteiger charge is -2.18. The summed E-state index contributed by atoms with van der Waals surface area (Å²) in [6.45, 7) is 5.73. The molecule has 0 radical (unpaired) electrons. The molecule has 1 amide bonds. The molecule has 1 unspecified atom stereocenters. The normalized spacial score (nSPS) is 12.0. The number of guanidine groups is 1. The Kier molecular flexibility index (Phi) is 9.58. The zero-order chi connectivity index (χ0) is 21.3. The van der Waals surface area contributed by atoms with Gasteiger partial charge in [0.25, 0.3) is 5.91 Å². The third kappa shape index (κ3) is 7.13. The van der Waals surface area contributed by atoms with Gasteiger partial charge in [-0.15, -0.1) is 24.0 Å². The Balaban J connectivity index is 0.00000341. The Morgan fingerprint density at radius 2 is 1.71 bits per heavy atom. The van der Waals surface area contributed by atoms with Crippen LogP contribution in [0.5, 0.6) is 5.75 Å². The largest absolute Gasteiger partial charge is 0.508 e. The van der Waals surface area contributed by atoms with E-state index < -0.39 is 0 Å². The number of halogens is 1. The highest BCUT2D eigenvalue weighted by molar-refractivity contribution is 14.0. The van der Waals surface area contributed by atoms with Gasteiger partial charge in [0.05, 0.1) is 12.6 Å². The molecule has 0 fully saturated rings. The molecular formula is C24H29IN4O2. The Morgan fingerprint density at radius 3 is 2.42 bits per heavy atom. The molecule has 0 saturated carbocycles. The summed E-state index contributed by atoms with van der Waals surface area (Å²) in [6, 6.07) is 21.0. The number of phenolic OH excluding ortho intramolecular Hbond substituents is 1. The molecule has 0 aliphatic carbocycles. The maximum Gasteiger partial charge on any atom is 0.251 e. The number of fused-ring (bicyclic) bond motifs is 1. The van der Waals surface area contributed by atoms with Crippen LogP contribution in [0.3, 0.4) is 0 Å². The summed E-state index contributed by atoms with van der Waals surface area (Å²) in [5, 5.41) is 21.2. The molecule has 6 nitrogen and oxygen atoms in total. The molecule has 0 aromatic heterocycles. The van der Waals surface area contributed by atoms with Crippen LogP contribution in [-0.4, -0.2) is 36.6 Å². The van der Waals surface area contributed by atoms with Crippen molar-refractivity contribution in [3.05, 3.63) is 77.9 Å². The molecule has 164 valence electrons. The van der Waals surface area contributed by atoms with Crippen molar-refractivity contribution in [2.45, 2.75) is 19.9 Å². The van der Waals surface area contributed by atoms with Crippen LogP contribution in [0, 0.1) is 0 Å². The predicted molar refractivity (Wildman–Crippen MR) is 137 cm³/mol. The van der Waals surface area contributed by atoms with Crippen LogP contribution in [0.2, 0.25) is 0 Å². The van der Waals surface area contributed by atoms with Gasteiger partial charge in [-0.3, -0.25) is 9.79 Å². The lowest BCUT2D eigenvalue weighted by molar-refractivity contribution is 0.0955. The van der Waals surface area contributed by atoms with Crippen molar-refractivity contribution in [3.8, 4) is 5.75 Å². The molecule has 0 aliphatic heterocycles. The first-order valence-corrected chi connectivity index (χ1v) is 10.2. The predicted octanol–water partition coefficient (Wildman–Crippen LogP) is 4.21. The van der Waals surface area contributed by atoms with Crippen LogP contribution in [0.4, 0.5) is 0 Å². The number of carbonyl (C=O) groups is 1. The van der Waals surface area contributed by atoms with Gasteiger partial charge in [0.2, 0.25) is 0 Å². The fraction of sp³-hybridized carbons (Fsp3) is 0.250. The molecule has 0 heterocycles. The van der Waals surface area contributed by atoms with Crippen molar-refractivity contribution in [2.75, 3.05) is 19.6 Å². The monoisotopic (exact) mass is 532 g/mol. The molecule has 1 atom stereocenters. The second-order valence-corrected chi connectivity index (χ2v) is 7.04. The highest BCUT2D eigenvalue weighted by Gasteiger charge is 2.09. The lowest BCUT2D eigenvalue weighted by atomic mass is 10.0. The van der Waals surface area contributed by atoms with Crippen LogP contribution in [0.1, 0.15) is 35.8 Å². The first kappa shape index (κ1) is 24.5. The number of amides is 1. The van der Waals surface area contributed by atoms with Crippen molar-refractivity contribution < 1.29 is 9.90 Å². The fourth-order valence-corrected chi connectivity index (χ4v) is 3.14. The smallest absolute Gasteiger partial charge is 0.251 e. The Morgan fingerprint density at radius 1 is 1.00 bits per heavy atom. The van der Waals surface area contributed by atoms with Gasteiger partial charge in [0, 0.05) is 18.7 Å². The second kappa shape index (κ2) is 12.1. The zero-order valence-corrected chi connectivity index (χ0v) is 20.1. The molecule has 0 spiro atoms. The van der Waals surface area contributed by atoms with Crippen LogP contribution in [0.15, 0.2) is 71.7 Å². The first-order valence-electron chi connectivity index (χ1n) is 10.2. The third-order valence-corrected chi connectivity index (χ3v) is 4.77. The number of rotatable bonds is 7. The maximum absolute atomic E-state index is 12.1. The van der Waals surface area contributed by atoms with Crippen molar-refractivity contribution in [2.24, 2.45) is 4.99 Å². The minimum absolute atomic E-state index is 0. The molecule has 31 heavy (non-hydrogen) atoms. The average molecular weight is 532 g/mol. The minimum atomic E-state index is -0.187. The summed E-state index contributed by atoms with van der Waals surface area (Å²) in [4.78, 5) is 16.7. The number of phenols is 1. The van der Waals surface area contributed by atoms with Crippen LogP contribution >= 0.6 is 24.0 Å². The first-order chi connectivity index (χ1) is 14.6. The Bertz CT molecular complexity index is 1020. The number of nitrogens with one attached hydrogen (secondary N) is 3. The fourth-order valence-electron chi connectivity index (χ4n) is 3.14. The minimum Gasteiger partial charge on any atom is -0.508 e. The SMILES string of the molecule is CCNC(=NCCNC(=O)c1ccc(O)cc1)NC(C)c1ccc2ccccc2c1.I. The van der Waals surface area contributed by atoms with Crippen LogP contribution in [0.25, 0.3) is 10.8 Å². The number of hydrogen-bond acceptors (Lipinski definition) is 3. The highest BCUT2D eigenvalue weighted by atomic mass is 127. The van der Waals surface area contributed by atoms with Crippen molar-refractivity contribution >= 4 is 46.6 Å². The quantitative estimate of drug-likeness (QED) is 0.159. The van der Waals surface area contributed by atoms with Gasteiger partial charge in [-0.1, -0.05) is 36.4 Å². The molecule has 3 aromatic carbocycles. The van der Waals surface area contributed by atoms with Crippen LogP contribution in [-0.2, 0) is 0 Å². The van der Waals surface area contributed by atoms with Crippen molar-refractivity contribution in [3.63, 3.8) is 0 Å². The van der Waals surface area contributed by atoms with Crippen LogP contribution < -0.4 is 16.0 Å². The second-order valence-electron chi connectivity index (χ2n) is 7.04. The van der Waals surface area contributed by atoms with Gasteiger partial charge in [-0.05, 0) is 60.5 Å². The van der Waals surface area contributed by atoms with Gasteiger partial charge in [0.1, 0.15) is 5.75 Å². The van der Waals surface area contributed by atoms with E-state index in [1.165, 1.54) is 28.5 Å². The molecule has 7 heteroatoms. The molecule has 0 bridgehead atoms.